The summed E-state index contributed by atoms with van der Waals surface area (Å²) in [4.78, 5) is 24.1. The van der Waals surface area contributed by atoms with Crippen molar-refractivity contribution in [2.24, 2.45) is 11.8 Å². The van der Waals surface area contributed by atoms with Crippen molar-refractivity contribution in [3.8, 4) is 11.5 Å². The Hall–Kier alpha value is -2.76. The molecular weight excluding hydrogens is 372 g/mol. The molecule has 0 spiro atoms. The Bertz CT molecular complexity index is 841. The summed E-state index contributed by atoms with van der Waals surface area (Å²) in [5.74, 6) is 1.61. The summed E-state index contributed by atoms with van der Waals surface area (Å²) in [5.41, 5.74) is 0.648. The molecule has 0 aliphatic rings. The lowest BCUT2D eigenvalue weighted by Gasteiger charge is -2.15. The largest absolute Gasteiger partial charge is 0.513 e. The molecule has 0 aromatic heterocycles. The molecule has 2 aromatic carbocycles. The van der Waals surface area contributed by atoms with Gasteiger partial charge in [0.05, 0.1) is 13.2 Å². The maximum Gasteiger partial charge on any atom is 0.513 e. The lowest BCUT2D eigenvalue weighted by atomic mass is 10.0. The third-order valence-electron chi connectivity index (χ3n) is 4.35. The Morgan fingerprint density at radius 3 is 1.90 bits per heavy atom. The van der Waals surface area contributed by atoms with Gasteiger partial charge in [0.1, 0.15) is 11.5 Å². The number of fused-ring (bicyclic) bond motifs is 1. The van der Waals surface area contributed by atoms with Crippen LogP contribution in [0.2, 0.25) is 0 Å². The molecule has 0 aliphatic heterocycles. The lowest BCUT2D eigenvalue weighted by molar-refractivity contribution is 0.0931. The first-order valence-electron chi connectivity index (χ1n) is 9.99. The molecule has 2 rings (SSSR count). The minimum absolute atomic E-state index is 0.302. The molecule has 0 radical (unpaired) electrons. The summed E-state index contributed by atoms with van der Waals surface area (Å²) in [6.45, 7) is 10.6. The quantitative estimate of drug-likeness (QED) is 0.383. The van der Waals surface area contributed by atoms with Crippen molar-refractivity contribution >= 4 is 23.1 Å². The smallest absolute Gasteiger partial charge is 0.434 e. The Morgan fingerprint density at radius 1 is 0.828 bits per heavy atom. The van der Waals surface area contributed by atoms with Crippen molar-refractivity contribution in [1.82, 2.24) is 0 Å². The minimum atomic E-state index is -0.753. The van der Waals surface area contributed by atoms with Crippen LogP contribution in [0.15, 0.2) is 30.3 Å². The van der Waals surface area contributed by atoms with Crippen molar-refractivity contribution in [1.29, 1.82) is 0 Å². The second-order valence-corrected chi connectivity index (χ2v) is 7.83. The zero-order valence-electron chi connectivity index (χ0n) is 17.8. The summed E-state index contributed by atoms with van der Waals surface area (Å²) in [5, 5.41) is 1.29. The van der Waals surface area contributed by atoms with Gasteiger partial charge in [0.2, 0.25) is 0 Å². The Labute approximate surface area is 172 Å². The van der Waals surface area contributed by atoms with E-state index in [9.17, 15) is 9.59 Å². The maximum atomic E-state index is 12.1. The number of ether oxygens (including phenoxy) is 4. The van der Waals surface area contributed by atoms with Gasteiger partial charge in [0.25, 0.3) is 0 Å². The average Bonchev–Trinajstić information content (AvgIpc) is 2.64. The van der Waals surface area contributed by atoms with E-state index >= 15 is 0 Å². The zero-order chi connectivity index (χ0) is 21.4. The lowest BCUT2D eigenvalue weighted by Crippen LogP contribution is -2.14. The van der Waals surface area contributed by atoms with Gasteiger partial charge in [0, 0.05) is 10.8 Å². The molecule has 0 amide bonds. The molecule has 0 bridgehead atoms. The first kappa shape index (κ1) is 22.5. The molecule has 6 nitrogen and oxygen atoms in total. The van der Waals surface area contributed by atoms with Crippen LogP contribution in [0.5, 0.6) is 11.5 Å². The summed E-state index contributed by atoms with van der Waals surface area (Å²) in [7, 11) is 0. The van der Waals surface area contributed by atoms with Gasteiger partial charge in [-0.1, -0.05) is 52.0 Å². The maximum absolute atomic E-state index is 12.1. The topological polar surface area (TPSA) is 71.1 Å². The predicted octanol–water partition coefficient (Wildman–Crippen LogP) is 6.27. The van der Waals surface area contributed by atoms with E-state index in [2.05, 4.69) is 27.7 Å². The van der Waals surface area contributed by atoms with Crippen molar-refractivity contribution in [2.75, 3.05) is 13.2 Å². The number of aryl methyl sites for hydroxylation is 1. The molecule has 0 saturated heterocycles. The summed E-state index contributed by atoms with van der Waals surface area (Å²) in [6, 6.07) is 8.89. The van der Waals surface area contributed by atoms with Crippen molar-refractivity contribution in [2.45, 2.75) is 47.5 Å². The van der Waals surface area contributed by atoms with E-state index in [0.29, 0.717) is 52.9 Å². The second kappa shape index (κ2) is 10.7. The fraction of sp³-hybridized carbons (Fsp3) is 0.478. The highest BCUT2D eigenvalue weighted by Gasteiger charge is 2.18. The number of carbonyl (C=O) groups is 2. The molecule has 0 aliphatic carbocycles. The normalized spacial score (nSPS) is 11.0. The molecule has 0 fully saturated rings. The van der Waals surface area contributed by atoms with Crippen LogP contribution in [-0.4, -0.2) is 25.5 Å². The zero-order valence-corrected chi connectivity index (χ0v) is 17.8. The van der Waals surface area contributed by atoms with E-state index in [1.54, 1.807) is 25.1 Å². The molecule has 2 aromatic rings. The molecule has 0 N–H and O–H groups in total. The molecule has 0 atom stereocenters. The Kier molecular flexibility index (Phi) is 8.31. The van der Waals surface area contributed by atoms with Gasteiger partial charge in [-0.25, -0.2) is 9.59 Å². The summed E-state index contributed by atoms with van der Waals surface area (Å²) in [6.07, 6.45) is 0.0267. The van der Waals surface area contributed by atoms with Crippen LogP contribution in [0.25, 0.3) is 10.8 Å². The van der Waals surface area contributed by atoms with Gasteiger partial charge in [-0.05, 0) is 43.2 Å². The SMILES string of the molecule is Cc1cc(OC(=O)OCCC(C)C)c2ccccc2c1OC(=O)OCCC(C)C. The molecule has 158 valence electrons. The van der Waals surface area contributed by atoms with Gasteiger partial charge in [0.15, 0.2) is 0 Å². The van der Waals surface area contributed by atoms with Gasteiger partial charge in [-0.3, -0.25) is 0 Å². The summed E-state index contributed by atoms with van der Waals surface area (Å²) >= 11 is 0. The van der Waals surface area contributed by atoms with Crippen LogP contribution < -0.4 is 9.47 Å². The van der Waals surface area contributed by atoms with E-state index in [4.69, 9.17) is 18.9 Å². The first-order valence-corrected chi connectivity index (χ1v) is 9.99. The van der Waals surface area contributed by atoms with Crippen LogP contribution in [-0.2, 0) is 9.47 Å². The van der Waals surface area contributed by atoms with E-state index in [1.165, 1.54) is 0 Å². The number of benzene rings is 2. The first-order chi connectivity index (χ1) is 13.8. The molecule has 29 heavy (non-hydrogen) atoms. The number of carbonyl (C=O) groups excluding carboxylic acids is 2. The van der Waals surface area contributed by atoms with Crippen molar-refractivity contribution in [3.63, 3.8) is 0 Å². The van der Waals surface area contributed by atoms with E-state index in [0.717, 1.165) is 12.8 Å². The third kappa shape index (κ3) is 6.97. The Morgan fingerprint density at radius 2 is 1.34 bits per heavy atom. The van der Waals surface area contributed by atoms with Crippen LogP contribution in [0.4, 0.5) is 9.59 Å². The molecule has 6 heteroatoms. The van der Waals surface area contributed by atoms with Gasteiger partial charge >= 0.3 is 12.3 Å². The number of hydrogen-bond acceptors (Lipinski definition) is 6. The average molecular weight is 402 g/mol. The van der Waals surface area contributed by atoms with Gasteiger partial charge in [-0.2, -0.15) is 0 Å². The summed E-state index contributed by atoms with van der Waals surface area (Å²) < 4.78 is 21.2. The van der Waals surface area contributed by atoms with E-state index < -0.39 is 12.3 Å². The fourth-order valence-electron chi connectivity index (χ4n) is 2.66. The van der Waals surface area contributed by atoms with Crippen LogP contribution in [0.1, 0.15) is 46.1 Å². The molecule has 0 heterocycles. The number of rotatable bonds is 8. The third-order valence-corrected chi connectivity index (χ3v) is 4.35. The van der Waals surface area contributed by atoms with Crippen LogP contribution in [0.3, 0.4) is 0 Å². The van der Waals surface area contributed by atoms with Crippen LogP contribution >= 0.6 is 0 Å². The Balaban J connectivity index is 2.16. The van der Waals surface area contributed by atoms with E-state index in [1.807, 2.05) is 12.1 Å². The molecule has 0 saturated carbocycles. The highest BCUT2D eigenvalue weighted by molar-refractivity contribution is 5.96. The highest BCUT2D eigenvalue weighted by Crippen LogP contribution is 2.37. The van der Waals surface area contributed by atoms with Crippen molar-refractivity contribution in [3.05, 3.63) is 35.9 Å². The molecule has 0 unspecified atom stereocenters. The van der Waals surface area contributed by atoms with Crippen LogP contribution in [0, 0.1) is 18.8 Å². The van der Waals surface area contributed by atoms with E-state index in [-0.39, 0.29) is 0 Å². The standard InChI is InChI=1S/C23H30O6/c1-15(2)10-12-26-22(24)28-20-14-17(5)21(19-9-7-6-8-18(19)20)29-23(25)27-13-11-16(3)4/h6-9,14-16H,10-13H2,1-5H3. The minimum Gasteiger partial charge on any atom is -0.434 e. The molecular formula is C23H30O6. The highest BCUT2D eigenvalue weighted by atomic mass is 16.7. The predicted molar refractivity (Wildman–Crippen MR) is 112 cm³/mol. The number of hydrogen-bond donors (Lipinski definition) is 0. The second-order valence-electron chi connectivity index (χ2n) is 7.83. The monoisotopic (exact) mass is 402 g/mol. The van der Waals surface area contributed by atoms with Crippen molar-refractivity contribution < 1.29 is 28.5 Å². The fourth-order valence-corrected chi connectivity index (χ4v) is 2.66. The van der Waals surface area contributed by atoms with Gasteiger partial charge < -0.3 is 18.9 Å². The van der Waals surface area contributed by atoms with Gasteiger partial charge in [-0.15, -0.1) is 0 Å².